The first-order chi connectivity index (χ1) is 15.2. The lowest BCUT2D eigenvalue weighted by Crippen LogP contribution is -2.37. The second-order valence-corrected chi connectivity index (χ2v) is 8.59. The fourth-order valence-electron chi connectivity index (χ4n) is 3.85. The van der Waals surface area contributed by atoms with E-state index in [1.807, 2.05) is 29.8 Å². The number of ether oxygens (including phenoxy) is 1. The van der Waals surface area contributed by atoms with Gasteiger partial charge in [-0.3, -0.25) is 9.88 Å². The molecule has 4 heterocycles. The van der Waals surface area contributed by atoms with Crippen molar-refractivity contribution in [2.24, 2.45) is 5.16 Å². The fraction of sp³-hybridized carbons (Fsp3) is 0.304. The molecule has 0 amide bonds. The molecule has 8 heteroatoms. The van der Waals surface area contributed by atoms with E-state index in [4.69, 9.17) is 9.15 Å². The lowest BCUT2D eigenvalue weighted by atomic mass is 10.1. The molecule has 31 heavy (non-hydrogen) atoms. The Labute approximate surface area is 182 Å². The molecule has 0 spiro atoms. The summed E-state index contributed by atoms with van der Waals surface area (Å²) in [5.74, 6) is 1.19. The predicted molar refractivity (Wildman–Crippen MR) is 118 cm³/mol. The summed E-state index contributed by atoms with van der Waals surface area (Å²) in [7, 11) is 0. The van der Waals surface area contributed by atoms with Crippen LogP contribution in [0, 0.1) is 0 Å². The molecule has 5 rings (SSSR count). The zero-order valence-corrected chi connectivity index (χ0v) is 17.6. The lowest BCUT2D eigenvalue weighted by Gasteiger charge is -2.28. The van der Waals surface area contributed by atoms with Crippen molar-refractivity contribution in [1.82, 2.24) is 9.88 Å². The van der Waals surface area contributed by atoms with E-state index in [0.717, 1.165) is 29.7 Å². The molecule has 0 saturated carbocycles. The Bertz CT molecular complexity index is 1280. The van der Waals surface area contributed by atoms with Gasteiger partial charge in [-0.15, -0.1) is 11.3 Å². The molecule has 1 saturated heterocycles. The monoisotopic (exact) mass is 439 g/mol. The highest BCUT2D eigenvalue weighted by molar-refractivity contribution is 7.17. The molecule has 0 aliphatic carbocycles. The van der Waals surface area contributed by atoms with Crippen LogP contribution in [0.15, 0.2) is 57.5 Å². The first kappa shape index (κ1) is 20.0. The second-order valence-electron chi connectivity index (χ2n) is 7.65. The number of rotatable bonds is 5. The van der Waals surface area contributed by atoms with Crippen molar-refractivity contribution in [3.63, 3.8) is 0 Å². The molecular formula is C23H22FN3O3S. The minimum Gasteiger partial charge on any atom is -0.492 e. The minimum absolute atomic E-state index is 0.389. The quantitative estimate of drug-likeness (QED) is 0.357. The summed E-state index contributed by atoms with van der Waals surface area (Å²) in [6.45, 7) is 2.79. The van der Waals surface area contributed by atoms with Gasteiger partial charge >= 0.3 is 0 Å². The highest BCUT2D eigenvalue weighted by Crippen LogP contribution is 2.28. The Kier molecular flexibility index (Phi) is 5.57. The first-order valence-corrected chi connectivity index (χ1v) is 11.2. The van der Waals surface area contributed by atoms with Crippen LogP contribution in [-0.2, 0) is 0 Å². The predicted octanol–water partition coefficient (Wildman–Crippen LogP) is 4.81. The van der Waals surface area contributed by atoms with Crippen LogP contribution in [0.3, 0.4) is 0 Å². The van der Waals surface area contributed by atoms with E-state index in [2.05, 4.69) is 15.0 Å². The van der Waals surface area contributed by atoms with Crippen LogP contribution in [0.5, 0.6) is 5.75 Å². The molecule has 4 aromatic rings. The molecule has 1 fully saturated rings. The van der Waals surface area contributed by atoms with Crippen molar-refractivity contribution in [2.45, 2.75) is 19.0 Å². The third kappa shape index (κ3) is 4.26. The molecule has 0 atom stereocenters. The average molecular weight is 440 g/mol. The summed E-state index contributed by atoms with van der Waals surface area (Å²) in [6.07, 6.45) is 2.32. The number of pyridine rings is 1. The van der Waals surface area contributed by atoms with Gasteiger partial charge in [-0.25, -0.2) is 4.39 Å². The number of halogens is 1. The maximum Gasteiger partial charge on any atom is 0.155 e. The standard InChI is InChI=1S/C23H22FN3O3S/c24-16-3-6-27(7-4-16)8-9-29-17-1-2-21-18(11-17)19(26-28)12-22(30-21)20-13-23-15(14-25-20)5-10-31-23/h1-2,5,10-14,16,28H,3-4,6-9H2/b26-19+. The van der Waals surface area contributed by atoms with Gasteiger partial charge in [-0.05, 0) is 48.6 Å². The normalized spacial score (nSPS) is 16.4. The van der Waals surface area contributed by atoms with Crippen LogP contribution in [-0.4, -0.2) is 47.5 Å². The van der Waals surface area contributed by atoms with Gasteiger partial charge in [0, 0.05) is 42.0 Å². The van der Waals surface area contributed by atoms with Crippen LogP contribution >= 0.6 is 11.3 Å². The zero-order chi connectivity index (χ0) is 21.2. The number of fused-ring (bicyclic) bond motifs is 2. The topological polar surface area (TPSA) is 71.1 Å². The Balaban J connectivity index is 1.37. The van der Waals surface area contributed by atoms with Crippen molar-refractivity contribution in [2.75, 3.05) is 26.2 Å². The number of alkyl halides is 1. The lowest BCUT2D eigenvalue weighted by molar-refractivity contribution is 0.132. The number of piperidine rings is 1. The summed E-state index contributed by atoms with van der Waals surface area (Å²) in [6, 6.07) is 11.1. The van der Waals surface area contributed by atoms with Gasteiger partial charge in [0.25, 0.3) is 0 Å². The number of hydrogen-bond acceptors (Lipinski definition) is 7. The summed E-state index contributed by atoms with van der Waals surface area (Å²) in [5.41, 5.74) is 1.26. The summed E-state index contributed by atoms with van der Waals surface area (Å²) >= 11 is 1.64. The number of likely N-dealkylation sites (tertiary alicyclic amines) is 1. The Hall–Kier alpha value is -2.97. The van der Waals surface area contributed by atoms with Crippen LogP contribution in [0.4, 0.5) is 4.39 Å². The van der Waals surface area contributed by atoms with Gasteiger partial charge in [0.2, 0.25) is 0 Å². The number of hydrogen-bond donors (Lipinski definition) is 1. The molecular weight excluding hydrogens is 417 g/mol. The van der Waals surface area contributed by atoms with Crippen molar-refractivity contribution in [1.29, 1.82) is 0 Å². The molecule has 0 bridgehead atoms. The van der Waals surface area contributed by atoms with Crippen LogP contribution < -0.4 is 10.1 Å². The molecule has 0 unspecified atom stereocenters. The molecule has 3 aromatic heterocycles. The first-order valence-electron chi connectivity index (χ1n) is 10.3. The van der Waals surface area contributed by atoms with E-state index in [0.29, 0.717) is 53.0 Å². The highest BCUT2D eigenvalue weighted by Gasteiger charge is 2.18. The van der Waals surface area contributed by atoms with Crippen molar-refractivity contribution < 1.29 is 18.8 Å². The van der Waals surface area contributed by atoms with Crippen molar-refractivity contribution in [3.8, 4) is 17.2 Å². The molecule has 1 aromatic carbocycles. The molecule has 160 valence electrons. The van der Waals surface area contributed by atoms with Crippen LogP contribution in [0.25, 0.3) is 32.5 Å². The third-order valence-corrected chi connectivity index (χ3v) is 6.49. The molecule has 1 aliphatic rings. The summed E-state index contributed by atoms with van der Waals surface area (Å²) in [5, 5.41) is 17.2. The van der Waals surface area contributed by atoms with E-state index in [9.17, 15) is 9.60 Å². The van der Waals surface area contributed by atoms with E-state index in [-0.39, 0.29) is 0 Å². The Morgan fingerprint density at radius 2 is 2.10 bits per heavy atom. The molecule has 1 N–H and O–H groups in total. The molecule has 1 aliphatic heterocycles. The Morgan fingerprint density at radius 1 is 1.23 bits per heavy atom. The van der Waals surface area contributed by atoms with Gasteiger partial charge in [-0.2, -0.15) is 0 Å². The zero-order valence-electron chi connectivity index (χ0n) is 16.8. The van der Waals surface area contributed by atoms with E-state index in [1.54, 1.807) is 29.5 Å². The minimum atomic E-state index is -0.672. The average Bonchev–Trinajstić information content (AvgIpc) is 3.27. The van der Waals surface area contributed by atoms with E-state index in [1.165, 1.54) is 0 Å². The fourth-order valence-corrected chi connectivity index (χ4v) is 4.65. The van der Waals surface area contributed by atoms with Crippen molar-refractivity contribution in [3.05, 3.63) is 53.3 Å². The summed E-state index contributed by atoms with van der Waals surface area (Å²) < 4.78 is 26.3. The number of thiophene rings is 1. The molecule has 6 nitrogen and oxygen atoms in total. The van der Waals surface area contributed by atoms with Gasteiger partial charge in [0.1, 0.15) is 35.2 Å². The number of nitrogens with zero attached hydrogens (tertiary/aromatic N) is 3. The number of benzene rings is 1. The number of aromatic nitrogens is 1. The Morgan fingerprint density at radius 3 is 2.94 bits per heavy atom. The summed E-state index contributed by atoms with van der Waals surface area (Å²) in [4.78, 5) is 6.69. The second kappa shape index (κ2) is 8.64. The maximum atomic E-state index is 13.3. The van der Waals surface area contributed by atoms with E-state index >= 15 is 0 Å². The highest BCUT2D eigenvalue weighted by atomic mass is 32.1. The van der Waals surface area contributed by atoms with Crippen molar-refractivity contribution >= 4 is 32.4 Å². The maximum absolute atomic E-state index is 13.3. The van der Waals surface area contributed by atoms with Crippen LogP contribution in [0.1, 0.15) is 12.8 Å². The smallest absolute Gasteiger partial charge is 0.155 e. The SMILES string of the molecule is O/N=c1\cc(-c2cc3sccc3cn2)oc2ccc(OCCN3CCC(F)CC3)cc12. The van der Waals surface area contributed by atoms with Gasteiger partial charge in [-0.1, -0.05) is 5.16 Å². The van der Waals surface area contributed by atoms with Crippen LogP contribution in [0.2, 0.25) is 0 Å². The van der Waals surface area contributed by atoms with E-state index < -0.39 is 6.17 Å². The molecule has 0 radical (unpaired) electrons. The largest absolute Gasteiger partial charge is 0.492 e. The van der Waals surface area contributed by atoms with Gasteiger partial charge in [0.05, 0.1) is 5.39 Å². The van der Waals surface area contributed by atoms with Gasteiger partial charge in [0.15, 0.2) is 5.76 Å². The third-order valence-electron chi connectivity index (χ3n) is 5.61. The van der Waals surface area contributed by atoms with Gasteiger partial charge < -0.3 is 14.4 Å².